The minimum absolute atomic E-state index is 0.00196. The molecule has 0 radical (unpaired) electrons. The van der Waals surface area contributed by atoms with Crippen molar-refractivity contribution in [1.29, 1.82) is 0 Å². The monoisotopic (exact) mass is 378 g/mol. The van der Waals surface area contributed by atoms with Crippen molar-refractivity contribution in [3.05, 3.63) is 18.0 Å². The molecule has 0 saturated carbocycles. The number of piperidine rings is 1. The molecule has 0 N–H and O–H groups in total. The number of likely N-dealkylation sites (N-methyl/N-ethyl adjacent to an activating group) is 1. The predicted octanol–water partition coefficient (Wildman–Crippen LogP) is 1.00. The highest BCUT2D eigenvalue weighted by Gasteiger charge is 2.38. The van der Waals surface area contributed by atoms with Gasteiger partial charge in [0, 0.05) is 26.2 Å². The van der Waals surface area contributed by atoms with E-state index < -0.39 is 22.0 Å². The zero-order valence-corrected chi connectivity index (χ0v) is 14.4. The molecule has 12 heteroatoms. The van der Waals surface area contributed by atoms with Gasteiger partial charge in [0.1, 0.15) is 5.82 Å². The molecule has 1 fully saturated rings. The van der Waals surface area contributed by atoms with Gasteiger partial charge in [0.25, 0.3) is 5.82 Å². The van der Waals surface area contributed by atoms with Gasteiger partial charge in [-0.3, -0.25) is 0 Å². The summed E-state index contributed by atoms with van der Waals surface area (Å²) in [6.45, 7) is 0.932. The van der Waals surface area contributed by atoms with Crippen LogP contribution in [0.5, 0.6) is 0 Å². The number of nitrogens with zero attached hydrogens (tertiary/aromatic N) is 6. The van der Waals surface area contributed by atoms with Crippen LogP contribution in [0.2, 0.25) is 0 Å². The number of hydrogen-bond donors (Lipinski definition) is 0. The number of alkyl halides is 3. The van der Waals surface area contributed by atoms with Crippen molar-refractivity contribution in [1.82, 2.24) is 24.1 Å². The van der Waals surface area contributed by atoms with Crippen molar-refractivity contribution in [3.63, 3.8) is 0 Å². The largest absolute Gasteiger partial charge is 0.453 e. The Labute approximate surface area is 142 Å². The Kier molecular flexibility index (Phi) is 4.35. The van der Waals surface area contributed by atoms with Crippen LogP contribution in [0.1, 0.15) is 18.7 Å². The minimum atomic E-state index is -4.66. The summed E-state index contributed by atoms with van der Waals surface area (Å²) in [5, 5.41) is 10.6. The average Bonchev–Trinajstić information content (AvgIpc) is 2.96. The normalized spacial score (nSPS) is 19.8. The van der Waals surface area contributed by atoms with Gasteiger partial charge in [0.05, 0.1) is 6.26 Å². The van der Waals surface area contributed by atoms with E-state index in [1.807, 2.05) is 0 Å². The van der Waals surface area contributed by atoms with Crippen molar-refractivity contribution in [2.24, 2.45) is 0 Å². The second-order valence-electron chi connectivity index (χ2n) is 6.00. The zero-order valence-electron chi connectivity index (χ0n) is 13.6. The molecule has 3 rings (SSSR count). The fraction of sp³-hybridized carbons (Fsp3) is 0.615. The van der Waals surface area contributed by atoms with Crippen LogP contribution in [0, 0.1) is 0 Å². The molecule has 2 aromatic rings. The van der Waals surface area contributed by atoms with Crippen LogP contribution in [0.25, 0.3) is 5.65 Å². The molecule has 25 heavy (non-hydrogen) atoms. The Morgan fingerprint density at radius 1 is 1.28 bits per heavy atom. The van der Waals surface area contributed by atoms with Crippen LogP contribution in [-0.2, 0) is 16.2 Å². The van der Waals surface area contributed by atoms with E-state index in [4.69, 9.17) is 0 Å². The van der Waals surface area contributed by atoms with Gasteiger partial charge in [-0.1, -0.05) is 0 Å². The highest BCUT2D eigenvalue weighted by molar-refractivity contribution is 7.88. The Hall–Kier alpha value is -1.95. The summed E-state index contributed by atoms with van der Waals surface area (Å²) in [6.07, 6.45) is -2.14. The van der Waals surface area contributed by atoms with Crippen molar-refractivity contribution in [2.45, 2.75) is 25.1 Å². The molecule has 0 aliphatic carbocycles. The molecule has 3 heterocycles. The van der Waals surface area contributed by atoms with Crippen LogP contribution in [0.15, 0.2) is 12.1 Å². The lowest BCUT2D eigenvalue weighted by molar-refractivity contribution is -0.146. The summed E-state index contributed by atoms with van der Waals surface area (Å²) in [6, 6.07) is 2.71. The van der Waals surface area contributed by atoms with E-state index in [-0.39, 0.29) is 11.7 Å². The van der Waals surface area contributed by atoms with Crippen molar-refractivity contribution in [2.75, 3.05) is 31.3 Å². The van der Waals surface area contributed by atoms with E-state index in [9.17, 15) is 21.6 Å². The highest BCUT2D eigenvalue weighted by Crippen LogP contribution is 2.28. The first-order valence-corrected chi connectivity index (χ1v) is 9.40. The number of aromatic nitrogens is 4. The molecule has 2 aromatic heterocycles. The SMILES string of the molecule is CN(C1CCCN(c2ccc3nnc(C(F)(F)F)n3n2)C1)S(C)(=O)=O. The van der Waals surface area contributed by atoms with Gasteiger partial charge in [0.2, 0.25) is 10.0 Å². The topological polar surface area (TPSA) is 83.7 Å². The summed E-state index contributed by atoms with van der Waals surface area (Å²) in [4.78, 5) is 1.77. The van der Waals surface area contributed by atoms with Crippen molar-refractivity contribution < 1.29 is 21.6 Å². The summed E-state index contributed by atoms with van der Waals surface area (Å²) >= 11 is 0. The lowest BCUT2D eigenvalue weighted by Gasteiger charge is -2.37. The lowest BCUT2D eigenvalue weighted by Crippen LogP contribution is -2.48. The first-order valence-electron chi connectivity index (χ1n) is 7.55. The van der Waals surface area contributed by atoms with Crippen LogP contribution in [0.4, 0.5) is 19.0 Å². The first-order chi connectivity index (χ1) is 11.6. The molecule has 1 atom stereocenters. The molecule has 138 valence electrons. The predicted molar refractivity (Wildman–Crippen MR) is 83.6 cm³/mol. The number of rotatable bonds is 3. The lowest BCUT2D eigenvalue weighted by atomic mass is 10.1. The molecular weight excluding hydrogens is 361 g/mol. The Morgan fingerprint density at radius 2 is 2.00 bits per heavy atom. The number of sulfonamides is 1. The molecule has 0 aromatic carbocycles. The van der Waals surface area contributed by atoms with E-state index >= 15 is 0 Å². The smallest absolute Gasteiger partial charge is 0.354 e. The van der Waals surface area contributed by atoms with Gasteiger partial charge < -0.3 is 4.90 Å². The third kappa shape index (κ3) is 3.54. The molecular formula is C13H17F3N6O2S. The van der Waals surface area contributed by atoms with Gasteiger partial charge in [0.15, 0.2) is 5.65 Å². The zero-order chi connectivity index (χ0) is 18.4. The van der Waals surface area contributed by atoms with E-state index in [1.54, 1.807) is 11.0 Å². The molecule has 8 nitrogen and oxygen atoms in total. The van der Waals surface area contributed by atoms with E-state index in [2.05, 4.69) is 15.3 Å². The molecule has 0 amide bonds. The average molecular weight is 378 g/mol. The summed E-state index contributed by atoms with van der Waals surface area (Å²) in [7, 11) is -1.85. The molecule has 0 spiro atoms. The molecule has 0 bridgehead atoms. The van der Waals surface area contributed by atoms with Crippen molar-refractivity contribution >= 4 is 21.5 Å². The van der Waals surface area contributed by atoms with Gasteiger partial charge >= 0.3 is 6.18 Å². The number of halogens is 3. The minimum Gasteiger partial charge on any atom is -0.354 e. The van der Waals surface area contributed by atoms with Crippen LogP contribution in [-0.4, -0.2) is 65.0 Å². The van der Waals surface area contributed by atoms with Gasteiger partial charge in [-0.15, -0.1) is 15.3 Å². The van der Waals surface area contributed by atoms with Gasteiger partial charge in [-0.25, -0.2) is 12.7 Å². The standard InChI is InChI=1S/C13H17F3N6O2S/c1-20(25(2,23)24)9-4-3-7-21(8-9)11-6-5-10-17-18-12(13(14,15)16)22(10)19-11/h5-6,9H,3-4,7-8H2,1-2H3. The van der Waals surface area contributed by atoms with Gasteiger partial charge in [-0.05, 0) is 25.0 Å². The fourth-order valence-corrected chi connectivity index (χ4v) is 3.57. The van der Waals surface area contributed by atoms with Gasteiger partial charge in [-0.2, -0.15) is 17.7 Å². The van der Waals surface area contributed by atoms with Crippen LogP contribution >= 0.6 is 0 Å². The summed E-state index contributed by atoms with van der Waals surface area (Å²) in [5.74, 6) is -0.865. The van der Waals surface area contributed by atoms with Crippen LogP contribution in [0.3, 0.4) is 0 Å². The second-order valence-corrected chi connectivity index (χ2v) is 8.05. The van der Waals surface area contributed by atoms with E-state index in [0.29, 0.717) is 36.3 Å². The third-order valence-corrected chi connectivity index (χ3v) is 5.60. The Balaban J connectivity index is 1.91. The molecule has 1 aliphatic heterocycles. The Morgan fingerprint density at radius 3 is 2.64 bits per heavy atom. The Bertz CT molecular complexity index is 882. The molecule has 1 aliphatic rings. The first kappa shape index (κ1) is 17.9. The molecule has 1 saturated heterocycles. The summed E-state index contributed by atoms with van der Waals surface area (Å²) < 4.78 is 64.3. The van der Waals surface area contributed by atoms with Crippen molar-refractivity contribution in [3.8, 4) is 0 Å². The van der Waals surface area contributed by atoms with E-state index in [1.165, 1.54) is 17.4 Å². The maximum Gasteiger partial charge on any atom is 0.453 e. The fourth-order valence-electron chi connectivity index (χ4n) is 2.86. The second kappa shape index (κ2) is 6.09. The quantitative estimate of drug-likeness (QED) is 0.793. The number of anilines is 1. The molecule has 1 unspecified atom stereocenters. The number of fused-ring (bicyclic) bond motifs is 1. The van der Waals surface area contributed by atoms with Crippen LogP contribution < -0.4 is 4.90 Å². The number of hydrogen-bond acceptors (Lipinski definition) is 6. The highest BCUT2D eigenvalue weighted by atomic mass is 32.2. The summed E-state index contributed by atoms with van der Waals surface area (Å²) in [5.41, 5.74) is -0.00196. The maximum absolute atomic E-state index is 13.0. The maximum atomic E-state index is 13.0. The third-order valence-electron chi connectivity index (χ3n) is 4.26. The van der Waals surface area contributed by atoms with E-state index in [0.717, 1.165) is 6.26 Å².